The van der Waals surface area contributed by atoms with E-state index < -0.39 is 17.9 Å². The van der Waals surface area contributed by atoms with Crippen LogP contribution in [-0.2, 0) is 19.2 Å². The van der Waals surface area contributed by atoms with Gasteiger partial charge in [-0.05, 0) is 0 Å². The van der Waals surface area contributed by atoms with Gasteiger partial charge < -0.3 is 10.1 Å². The highest BCUT2D eigenvalue weighted by molar-refractivity contribution is 5.99. The van der Waals surface area contributed by atoms with Gasteiger partial charge in [0.15, 0.2) is 0 Å². The smallest absolute Gasteiger partial charge is 0.240 e. The number of amides is 3. The minimum atomic E-state index is -0.555. The number of nitrogens with one attached hydrogen (secondary N) is 2. The van der Waals surface area contributed by atoms with Crippen molar-refractivity contribution in [2.75, 3.05) is 39.3 Å². The summed E-state index contributed by atoms with van der Waals surface area (Å²) >= 11 is 0. The summed E-state index contributed by atoms with van der Waals surface area (Å²) < 4.78 is 0. The zero-order valence-electron chi connectivity index (χ0n) is 10.4. The van der Waals surface area contributed by atoms with Crippen LogP contribution in [0.3, 0.4) is 0 Å². The summed E-state index contributed by atoms with van der Waals surface area (Å²) in [5.74, 6) is -0.887. The van der Waals surface area contributed by atoms with Crippen molar-refractivity contribution in [1.29, 1.82) is 0 Å². The number of carbonyl (C=O) groups excluding carboxylic acids is 4. The van der Waals surface area contributed by atoms with E-state index in [4.69, 9.17) is 0 Å². The van der Waals surface area contributed by atoms with Gasteiger partial charge in [-0.15, -0.1) is 0 Å². The molecule has 0 aromatic rings. The first kappa shape index (κ1) is 13.6. The SMILES string of the molecule is O=CC(CN1CCNC(=O)C1)N1CC(=O)NC(=O)C1. The lowest BCUT2D eigenvalue weighted by Crippen LogP contribution is -2.59. The van der Waals surface area contributed by atoms with E-state index in [1.807, 2.05) is 4.90 Å². The molecular weight excluding hydrogens is 252 g/mol. The molecule has 2 N–H and O–H groups in total. The Balaban J connectivity index is 1.95. The Morgan fingerprint density at radius 2 is 1.79 bits per heavy atom. The summed E-state index contributed by atoms with van der Waals surface area (Å²) in [4.78, 5) is 48.3. The van der Waals surface area contributed by atoms with E-state index in [0.717, 1.165) is 6.29 Å². The van der Waals surface area contributed by atoms with Crippen molar-refractivity contribution < 1.29 is 19.2 Å². The lowest BCUT2D eigenvalue weighted by atomic mass is 10.2. The monoisotopic (exact) mass is 268 g/mol. The summed E-state index contributed by atoms with van der Waals surface area (Å²) in [5.41, 5.74) is 0. The van der Waals surface area contributed by atoms with Crippen LogP contribution in [0.1, 0.15) is 0 Å². The van der Waals surface area contributed by atoms with E-state index >= 15 is 0 Å². The maximum absolute atomic E-state index is 11.3. The second-order valence-corrected chi connectivity index (χ2v) is 4.66. The molecule has 0 radical (unpaired) electrons. The van der Waals surface area contributed by atoms with Gasteiger partial charge in [0.25, 0.3) is 0 Å². The van der Waals surface area contributed by atoms with Crippen LogP contribution in [-0.4, -0.2) is 79.1 Å². The normalized spacial score (nSPS) is 23.7. The van der Waals surface area contributed by atoms with Gasteiger partial charge in [-0.3, -0.25) is 29.5 Å². The number of hydrogen-bond donors (Lipinski definition) is 2. The highest BCUT2D eigenvalue weighted by atomic mass is 16.2. The third kappa shape index (κ3) is 3.58. The molecule has 104 valence electrons. The number of aldehydes is 1. The largest absolute Gasteiger partial charge is 0.354 e. The standard InChI is InChI=1S/C11H16N4O4/c16-7-8(3-14-2-1-12-9(17)4-14)15-5-10(18)13-11(19)6-15/h7-8H,1-6H2,(H,12,17)(H,13,18,19). The van der Waals surface area contributed by atoms with Crippen LogP contribution in [0, 0.1) is 0 Å². The summed E-state index contributed by atoms with van der Waals surface area (Å²) in [7, 11) is 0. The molecule has 0 spiro atoms. The van der Waals surface area contributed by atoms with Gasteiger partial charge in [-0.2, -0.15) is 0 Å². The van der Waals surface area contributed by atoms with Crippen molar-refractivity contribution in [3.63, 3.8) is 0 Å². The molecule has 3 amide bonds. The Bertz CT molecular complexity index is 395. The fourth-order valence-electron chi connectivity index (χ4n) is 2.25. The van der Waals surface area contributed by atoms with Gasteiger partial charge in [-0.25, -0.2) is 0 Å². The van der Waals surface area contributed by atoms with Crippen molar-refractivity contribution in [2.24, 2.45) is 0 Å². The maximum atomic E-state index is 11.3. The van der Waals surface area contributed by atoms with Crippen molar-refractivity contribution in [2.45, 2.75) is 6.04 Å². The molecule has 8 nitrogen and oxygen atoms in total. The van der Waals surface area contributed by atoms with E-state index in [1.165, 1.54) is 4.90 Å². The third-order valence-corrected chi connectivity index (χ3v) is 3.16. The topological polar surface area (TPSA) is 98.8 Å². The maximum Gasteiger partial charge on any atom is 0.240 e. The van der Waals surface area contributed by atoms with E-state index in [-0.39, 0.29) is 25.5 Å². The van der Waals surface area contributed by atoms with E-state index in [0.29, 0.717) is 19.6 Å². The average Bonchev–Trinajstić information content (AvgIpc) is 2.34. The molecule has 2 aliphatic rings. The molecule has 8 heteroatoms. The quantitative estimate of drug-likeness (QED) is 0.415. The molecule has 1 unspecified atom stereocenters. The molecule has 1 atom stereocenters. The van der Waals surface area contributed by atoms with Crippen LogP contribution in [0.2, 0.25) is 0 Å². The second-order valence-electron chi connectivity index (χ2n) is 4.66. The van der Waals surface area contributed by atoms with Gasteiger partial charge in [0.05, 0.1) is 25.7 Å². The highest BCUT2D eigenvalue weighted by Gasteiger charge is 2.30. The van der Waals surface area contributed by atoms with Gasteiger partial charge in [-0.1, -0.05) is 0 Å². The Morgan fingerprint density at radius 1 is 1.11 bits per heavy atom. The van der Waals surface area contributed by atoms with Gasteiger partial charge in [0.1, 0.15) is 6.29 Å². The summed E-state index contributed by atoms with van der Waals surface area (Å²) in [6.45, 7) is 1.83. The summed E-state index contributed by atoms with van der Waals surface area (Å²) in [5, 5.41) is 4.88. The average molecular weight is 268 g/mol. The fourth-order valence-corrected chi connectivity index (χ4v) is 2.25. The molecule has 0 aromatic carbocycles. The minimum absolute atomic E-state index is 0.0230. The number of imide groups is 1. The first-order valence-corrected chi connectivity index (χ1v) is 6.09. The van der Waals surface area contributed by atoms with Crippen molar-refractivity contribution in [3.05, 3.63) is 0 Å². The number of rotatable bonds is 4. The van der Waals surface area contributed by atoms with Crippen molar-refractivity contribution in [3.8, 4) is 0 Å². The van der Waals surface area contributed by atoms with Gasteiger partial charge >= 0.3 is 0 Å². The highest BCUT2D eigenvalue weighted by Crippen LogP contribution is 2.05. The van der Waals surface area contributed by atoms with Crippen LogP contribution in [0.25, 0.3) is 0 Å². The third-order valence-electron chi connectivity index (χ3n) is 3.16. The van der Waals surface area contributed by atoms with E-state index in [2.05, 4.69) is 10.6 Å². The molecule has 0 aliphatic carbocycles. The molecule has 2 fully saturated rings. The van der Waals surface area contributed by atoms with E-state index in [1.54, 1.807) is 0 Å². The Hall–Kier alpha value is -1.80. The molecule has 2 rings (SSSR count). The van der Waals surface area contributed by atoms with E-state index in [9.17, 15) is 19.2 Å². The molecule has 2 heterocycles. The molecule has 19 heavy (non-hydrogen) atoms. The van der Waals surface area contributed by atoms with Crippen LogP contribution < -0.4 is 10.6 Å². The van der Waals surface area contributed by atoms with Crippen molar-refractivity contribution in [1.82, 2.24) is 20.4 Å². The molecule has 0 saturated carbocycles. The molecular formula is C11H16N4O4. The number of hydrogen-bond acceptors (Lipinski definition) is 6. The molecule has 2 aliphatic heterocycles. The minimum Gasteiger partial charge on any atom is -0.354 e. The lowest BCUT2D eigenvalue weighted by Gasteiger charge is -2.34. The van der Waals surface area contributed by atoms with Gasteiger partial charge in [0.2, 0.25) is 17.7 Å². The van der Waals surface area contributed by atoms with Crippen LogP contribution in [0.5, 0.6) is 0 Å². The van der Waals surface area contributed by atoms with Crippen LogP contribution >= 0.6 is 0 Å². The first-order chi connectivity index (χ1) is 9.08. The molecule has 0 bridgehead atoms. The Morgan fingerprint density at radius 3 is 2.37 bits per heavy atom. The molecule has 2 saturated heterocycles. The van der Waals surface area contributed by atoms with Gasteiger partial charge in [0, 0.05) is 19.6 Å². The summed E-state index contributed by atoms with van der Waals surface area (Å²) in [6.07, 6.45) is 0.721. The number of piperazine rings is 2. The number of nitrogens with zero attached hydrogens (tertiary/aromatic N) is 2. The van der Waals surface area contributed by atoms with Crippen molar-refractivity contribution >= 4 is 24.0 Å². The number of carbonyl (C=O) groups is 4. The summed E-state index contributed by atoms with van der Waals surface area (Å²) in [6, 6.07) is -0.555. The van der Waals surface area contributed by atoms with Crippen LogP contribution in [0.4, 0.5) is 0 Å². The zero-order valence-corrected chi connectivity index (χ0v) is 10.4. The Labute approximate surface area is 110 Å². The molecule has 0 aromatic heterocycles. The fraction of sp³-hybridized carbons (Fsp3) is 0.636. The second kappa shape index (κ2) is 5.89. The lowest BCUT2D eigenvalue weighted by molar-refractivity contribution is -0.138. The zero-order chi connectivity index (χ0) is 13.8. The first-order valence-electron chi connectivity index (χ1n) is 6.09. The predicted molar refractivity (Wildman–Crippen MR) is 64.0 cm³/mol. The Kier molecular flexibility index (Phi) is 4.23. The van der Waals surface area contributed by atoms with Crippen LogP contribution in [0.15, 0.2) is 0 Å². The predicted octanol–water partition coefficient (Wildman–Crippen LogP) is -3.06.